The number of fused-ring (bicyclic) bond motifs is 1. The lowest BCUT2D eigenvalue weighted by Gasteiger charge is -2.36. The van der Waals surface area contributed by atoms with Crippen molar-refractivity contribution in [3.63, 3.8) is 0 Å². The van der Waals surface area contributed by atoms with Crippen LogP contribution in [0.2, 0.25) is 5.02 Å². The first kappa shape index (κ1) is 21.0. The predicted octanol–water partition coefficient (Wildman–Crippen LogP) is 4.76. The number of benzene rings is 2. The van der Waals surface area contributed by atoms with Crippen molar-refractivity contribution >= 4 is 51.5 Å². The predicted molar refractivity (Wildman–Crippen MR) is 127 cm³/mol. The fraction of sp³-hybridized carbons (Fsp3) is 0.304. The normalized spacial score (nSPS) is 14.8. The van der Waals surface area contributed by atoms with Gasteiger partial charge in [-0.15, -0.1) is 11.8 Å². The Morgan fingerprint density at radius 1 is 1.13 bits per heavy atom. The number of aromatic nitrogens is 1. The monoisotopic (exact) mass is 440 g/mol. The number of pyridine rings is 1. The van der Waals surface area contributed by atoms with Gasteiger partial charge in [0.2, 0.25) is 5.91 Å². The zero-order chi connectivity index (χ0) is 20.9. The average molecular weight is 441 g/mol. The Balaban J connectivity index is 1.44. The van der Waals surface area contributed by atoms with E-state index in [2.05, 4.69) is 27.0 Å². The minimum absolute atomic E-state index is 0.0522. The number of nitrogens with zero attached hydrogens (tertiary/aromatic N) is 3. The molecule has 1 saturated heterocycles. The Morgan fingerprint density at radius 3 is 2.73 bits per heavy atom. The van der Waals surface area contributed by atoms with Gasteiger partial charge in [-0.2, -0.15) is 0 Å². The van der Waals surface area contributed by atoms with Crippen molar-refractivity contribution in [1.29, 1.82) is 0 Å². The molecule has 0 atom stereocenters. The number of thioether (sulfide) groups is 1. The van der Waals surface area contributed by atoms with E-state index in [1.165, 1.54) is 11.8 Å². The van der Waals surface area contributed by atoms with Crippen molar-refractivity contribution in [3.05, 3.63) is 59.8 Å². The largest absolute Gasteiger partial charge is 0.367 e. The lowest BCUT2D eigenvalue weighted by molar-refractivity contribution is -0.113. The molecule has 1 aliphatic heterocycles. The summed E-state index contributed by atoms with van der Waals surface area (Å²) in [6.07, 6.45) is 1.78. The summed E-state index contributed by atoms with van der Waals surface area (Å²) in [7, 11) is 0. The van der Waals surface area contributed by atoms with Crippen molar-refractivity contribution in [2.24, 2.45) is 0 Å². The van der Waals surface area contributed by atoms with Gasteiger partial charge in [-0.05, 0) is 36.9 Å². The fourth-order valence-corrected chi connectivity index (χ4v) is 4.72. The second-order valence-electron chi connectivity index (χ2n) is 7.25. The molecule has 1 aliphatic rings. The molecule has 2 aromatic carbocycles. The highest BCUT2D eigenvalue weighted by Crippen LogP contribution is 2.31. The molecule has 30 heavy (non-hydrogen) atoms. The number of nitrogens with one attached hydrogen (secondary N) is 1. The Morgan fingerprint density at radius 2 is 1.93 bits per heavy atom. The number of piperazine rings is 1. The Hall–Kier alpha value is -2.28. The van der Waals surface area contributed by atoms with Crippen LogP contribution in [-0.4, -0.2) is 54.3 Å². The Labute approximate surface area is 186 Å². The molecule has 1 fully saturated rings. The number of amides is 1. The molecule has 1 amide bonds. The third kappa shape index (κ3) is 4.89. The maximum atomic E-state index is 12.7. The van der Waals surface area contributed by atoms with E-state index in [0.717, 1.165) is 59.9 Å². The van der Waals surface area contributed by atoms with Gasteiger partial charge < -0.3 is 15.1 Å². The minimum Gasteiger partial charge on any atom is -0.367 e. The van der Waals surface area contributed by atoms with E-state index in [4.69, 9.17) is 11.6 Å². The molecule has 0 unspecified atom stereocenters. The summed E-state index contributed by atoms with van der Waals surface area (Å²) >= 11 is 7.73. The van der Waals surface area contributed by atoms with Crippen molar-refractivity contribution in [1.82, 2.24) is 9.88 Å². The molecule has 3 aromatic rings. The van der Waals surface area contributed by atoms with E-state index in [1.807, 2.05) is 48.5 Å². The summed E-state index contributed by atoms with van der Waals surface area (Å²) in [5, 5.41) is 4.77. The lowest BCUT2D eigenvalue weighted by Crippen LogP contribution is -2.46. The van der Waals surface area contributed by atoms with E-state index >= 15 is 0 Å². The highest BCUT2D eigenvalue weighted by molar-refractivity contribution is 8.00. The molecular formula is C23H25ClN4OS. The lowest BCUT2D eigenvalue weighted by atomic mass is 10.2. The first-order valence-corrected chi connectivity index (χ1v) is 11.5. The van der Waals surface area contributed by atoms with Crippen LogP contribution in [0.3, 0.4) is 0 Å². The van der Waals surface area contributed by atoms with Crippen LogP contribution >= 0.6 is 23.4 Å². The van der Waals surface area contributed by atoms with Crippen LogP contribution in [0.15, 0.2) is 59.6 Å². The van der Waals surface area contributed by atoms with Crippen LogP contribution in [0.25, 0.3) is 10.9 Å². The molecule has 156 valence electrons. The van der Waals surface area contributed by atoms with Gasteiger partial charge in [0.15, 0.2) is 0 Å². The molecule has 0 spiro atoms. The Kier molecular flexibility index (Phi) is 6.77. The molecule has 5 nitrogen and oxygen atoms in total. The fourth-order valence-electron chi connectivity index (χ4n) is 3.71. The topological polar surface area (TPSA) is 48.5 Å². The van der Waals surface area contributed by atoms with Crippen molar-refractivity contribution in [2.75, 3.05) is 48.7 Å². The molecule has 0 radical (unpaired) electrons. The second kappa shape index (κ2) is 9.69. The molecule has 0 bridgehead atoms. The molecule has 0 saturated carbocycles. The number of rotatable bonds is 6. The van der Waals surface area contributed by atoms with E-state index in [0.29, 0.717) is 10.8 Å². The summed E-state index contributed by atoms with van der Waals surface area (Å²) in [5.74, 6) is 0.259. The van der Waals surface area contributed by atoms with Crippen molar-refractivity contribution in [3.8, 4) is 0 Å². The molecule has 7 heteroatoms. The van der Waals surface area contributed by atoms with Gasteiger partial charge in [0.1, 0.15) is 0 Å². The molecule has 1 N–H and O–H groups in total. The standard InChI is InChI=1S/C23H25ClN4OS/c1-2-27-11-13-28(14-12-27)20-9-8-18(24)15-19(20)26-22(29)16-30-21-7-3-5-17-6-4-10-25-23(17)21/h3-10,15H,2,11-14,16H2,1H3,(H,26,29). The summed E-state index contributed by atoms with van der Waals surface area (Å²) in [5.41, 5.74) is 2.73. The van der Waals surface area contributed by atoms with Gasteiger partial charge in [0, 0.05) is 47.7 Å². The number of anilines is 2. The zero-order valence-corrected chi connectivity index (χ0v) is 18.5. The highest BCUT2D eigenvalue weighted by Gasteiger charge is 2.19. The quantitative estimate of drug-likeness (QED) is 0.560. The molecule has 2 heterocycles. The smallest absolute Gasteiger partial charge is 0.234 e. The van der Waals surface area contributed by atoms with Gasteiger partial charge in [0.25, 0.3) is 0 Å². The molecular weight excluding hydrogens is 416 g/mol. The van der Waals surface area contributed by atoms with Gasteiger partial charge in [-0.25, -0.2) is 0 Å². The maximum Gasteiger partial charge on any atom is 0.234 e. The van der Waals surface area contributed by atoms with Gasteiger partial charge >= 0.3 is 0 Å². The van der Waals surface area contributed by atoms with E-state index in [9.17, 15) is 4.79 Å². The van der Waals surface area contributed by atoms with Crippen molar-refractivity contribution < 1.29 is 4.79 Å². The third-order valence-corrected chi connectivity index (χ3v) is 6.63. The zero-order valence-electron chi connectivity index (χ0n) is 17.0. The second-order valence-corrected chi connectivity index (χ2v) is 8.70. The number of halogens is 1. The minimum atomic E-state index is -0.0522. The Bertz CT molecular complexity index is 1030. The summed E-state index contributed by atoms with van der Waals surface area (Å²) in [6.45, 7) is 7.18. The van der Waals surface area contributed by atoms with Gasteiger partial charge in [-0.3, -0.25) is 9.78 Å². The number of likely N-dealkylation sites (N-methyl/N-ethyl adjacent to an activating group) is 1. The average Bonchev–Trinajstić information content (AvgIpc) is 2.78. The van der Waals surface area contributed by atoms with Crippen LogP contribution in [0.5, 0.6) is 0 Å². The molecule has 4 rings (SSSR count). The van der Waals surface area contributed by atoms with Crippen molar-refractivity contribution in [2.45, 2.75) is 11.8 Å². The van der Waals surface area contributed by atoms with Crippen LogP contribution < -0.4 is 10.2 Å². The number of carbonyl (C=O) groups excluding carboxylic acids is 1. The summed E-state index contributed by atoms with van der Waals surface area (Å²) in [4.78, 5) is 23.0. The van der Waals surface area contributed by atoms with Crippen LogP contribution in [0.1, 0.15) is 6.92 Å². The number of para-hydroxylation sites is 1. The number of carbonyl (C=O) groups is 1. The van der Waals surface area contributed by atoms with Crippen LogP contribution in [-0.2, 0) is 4.79 Å². The van der Waals surface area contributed by atoms with E-state index in [1.54, 1.807) is 6.20 Å². The van der Waals surface area contributed by atoms with Crippen LogP contribution in [0, 0.1) is 0 Å². The third-order valence-electron chi connectivity index (χ3n) is 5.35. The maximum absolute atomic E-state index is 12.7. The summed E-state index contributed by atoms with van der Waals surface area (Å²) < 4.78 is 0. The van der Waals surface area contributed by atoms with Gasteiger partial charge in [0.05, 0.1) is 22.6 Å². The first-order valence-electron chi connectivity index (χ1n) is 10.2. The highest BCUT2D eigenvalue weighted by atomic mass is 35.5. The first-order chi connectivity index (χ1) is 14.6. The van der Waals surface area contributed by atoms with E-state index < -0.39 is 0 Å². The van der Waals surface area contributed by atoms with Gasteiger partial charge in [-0.1, -0.05) is 36.7 Å². The molecule has 0 aliphatic carbocycles. The SMILES string of the molecule is CCN1CCN(c2ccc(Cl)cc2NC(=O)CSc2cccc3cccnc23)CC1. The summed E-state index contributed by atoms with van der Waals surface area (Å²) in [6, 6.07) is 15.7. The molecule has 1 aromatic heterocycles. The number of hydrogen-bond acceptors (Lipinski definition) is 5. The van der Waals surface area contributed by atoms with Crippen LogP contribution in [0.4, 0.5) is 11.4 Å². The van der Waals surface area contributed by atoms with E-state index in [-0.39, 0.29) is 5.91 Å². The number of hydrogen-bond donors (Lipinski definition) is 1.